The Kier molecular flexibility index (Phi) is 5.11. The highest BCUT2D eigenvalue weighted by Gasteiger charge is 2.30. The van der Waals surface area contributed by atoms with E-state index in [4.69, 9.17) is 10.5 Å². The van der Waals surface area contributed by atoms with Gasteiger partial charge in [0.25, 0.3) is 0 Å². The number of hydrogen-bond acceptors (Lipinski definition) is 4. The van der Waals surface area contributed by atoms with E-state index >= 15 is 0 Å². The molecule has 0 spiro atoms. The van der Waals surface area contributed by atoms with Crippen LogP contribution in [0.4, 0.5) is 5.69 Å². The van der Waals surface area contributed by atoms with Crippen LogP contribution in [0.2, 0.25) is 0 Å². The lowest BCUT2D eigenvalue weighted by Crippen LogP contribution is -2.43. The lowest BCUT2D eigenvalue weighted by atomic mass is 9.90. The van der Waals surface area contributed by atoms with Gasteiger partial charge in [-0.3, -0.25) is 0 Å². The second-order valence-corrected chi connectivity index (χ2v) is 7.93. The Morgan fingerprint density at radius 3 is 2.76 bits per heavy atom. The Hall–Kier alpha value is -1.27. The minimum Gasteiger partial charge on any atom is -0.492 e. The van der Waals surface area contributed by atoms with Crippen molar-refractivity contribution in [1.82, 2.24) is 4.31 Å². The van der Waals surface area contributed by atoms with Crippen molar-refractivity contribution in [2.24, 2.45) is 11.8 Å². The summed E-state index contributed by atoms with van der Waals surface area (Å²) in [5.74, 6) is 1.59. The molecule has 2 rings (SSSR count). The Morgan fingerprint density at radius 2 is 2.10 bits per heavy atom. The molecule has 5 nitrogen and oxygen atoms in total. The maximum absolute atomic E-state index is 12.3. The summed E-state index contributed by atoms with van der Waals surface area (Å²) in [7, 11) is -3.24. The highest BCUT2D eigenvalue weighted by Crippen LogP contribution is 2.24. The number of nitrogens with two attached hydrogens (primary N) is 1. The molecule has 1 aromatic rings. The Labute approximate surface area is 127 Å². The normalized spacial score (nSPS) is 23.9. The number of anilines is 1. The van der Waals surface area contributed by atoms with E-state index in [1.54, 1.807) is 28.6 Å². The molecule has 21 heavy (non-hydrogen) atoms. The lowest BCUT2D eigenvalue weighted by Gasteiger charge is -2.34. The molecule has 0 amide bonds. The molecule has 2 unspecified atom stereocenters. The number of rotatable bonds is 5. The van der Waals surface area contributed by atoms with Gasteiger partial charge >= 0.3 is 0 Å². The predicted octanol–water partition coefficient (Wildman–Crippen LogP) is 1.96. The van der Waals surface area contributed by atoms with Crippen LogP contribution in [-0.2, 0) is 10.0 Å². The van der Waals surface area contributed by atoms with Crippen molar-refractivity contribution in [1.29, 1.82) is 0 Å². The Morgan fingerprint density at radius 1 is 1.33 bits per heavy atom. The molecule has 1 aliphatic heterocycles. The highest BCUT2D eigenvalue weighted by molar-refractivity contribution is 7.89. The van der Waals surface area contributed by atoms with Gasteiger partial charge in [-0.15, -0.1) is 0 Å². The molecule has 6 heteroatoms. The first-order valence-electron chi connectivity index (χ1n) is 7.34. The second-order valence-electron chi connectivity index (χ2n) is 5.84. The molecule has 2 atom stereocenters. The molecule has 0 aliphatic carbocycles. The number of sulfonamides is 1. The van der Waals surface area contributed by atoms with Crippen molar-refractivity contribution in [2.75, 3.05) is 31.2 Å². The highest BCUT2D eigenvalue weighted by atomic mass is 32.2. The number of ether oxygens (including phenoxy) is 1. The van der Waals surface area contributed by atoms with Gasteiger partial charge in [0.2, 0.25) is 10.0 Å². The summed E-state index contributed by atoms with van der Waals surface area (Å²) >= 11 is 0. The van der Waals surface area contributed by atoms with E-state index in [9.17, 15) is 8.42 Å². The van der Waals surface area contributed by atoms with Crippen LogP contribution >= 0.6 is 0 Å². The molecule has 0 radical (unpaired) electrons. The van der Waals surface area contributed by atoms with Crippen molar-refractivity contribution >= 4 is 15.7 Å². The zero-order valence-electron chi connectivity index (χ0n) is 12.7. The largest absolute Gasteiger partial charge is 0.492 e. The van der Waals surface area contributed by atoms with Gasteiger partial charge in [-0.1, -0.05) is 19.9 Å². The van der Waals surface area contributed by atoms with Gasteiger partial charge in [0, 0.05) is 24.8 Å². The zero-order chi connectivity index (χ0) is 15.5. The fourth-order valence-corrected chi connectivity index (χ4v) is 3.87. The number of nitrogens with zero attached hydrogens (tertiary/aromatic N) is 1. The van der Waals surface area contributed by atoms with Crippen molar-refractivity contribution < 1.29 is 13.2 Å². The summed E-state index contributed by atoms with van der Waals surface area (Å²) in [6.45, 7) is 5.66. The van der Waals surface area contributed by atoms with Gasteiger partial charge in [-0.05, 0) is 30.4 Å². The minimum atomic E-state index is -3.24. The van der Waals surface area contributed by atoms with Gasteiger partial charge in [-0.2, -0.15) is 0 Å². The van der Waals surface area contributed by atoms with E-state index in [0.717, 1.165) is 6.42 Å². The third kappa shape index (κ3) is 4.35. The fraction of sp³-hybridized carbons (Fsp3) is 0.600. The van der Waals surface area contributed by atoms with Crippen LogP contribution in [0.1, 0.15) is 20.3 Å². The number of hydrogen-bond donors (Lipinski definition) is 1. The molecule has 1 aliphatic rings. The molecule has 1 aromatic carbocycles. The van der Waals surface area contributed by atoms with E-state index in [0.29, 0.717) is 36.4 Å². The van der Waals surface area contributed by atoms with Crippen LogP contribution in [0.5, 0.6) is 5.75 Å². The molecular weight excluding hydrogens is 288 g/mol. The number of benzene rings is 1. The van der Waals surface area contributed by atoms with Crippen molar-refractivity contribution in [2.45, 2.75) is 20.3 Å². The summed E-state index contributed by atoms with van der Waals surface area (Å²) < 4.78 is 31.7. The lowest BCUT2D eigenvalue weighted by molar-refractivity contribution is 0.211. The smallest absolute Gasteiger partial charge is 0.217 e. The van der Waals surface area contributed by atoms with E-state index in [-0.39, 0.29) is 12.4 Å². The van der Waals surface area contributed by atoms with Crippen LogP contribution in [0.25, 0.3) is 0 Å². The quantitative estimate of drug-likeness (QED) is 0.844. The Balaban J connectivity index is 1.87. The second kappa shape index (κ2) is 6.66. The first-order valence-corrected chi connectivity index (χ1v) is 8.95. The first kappa shape index (κ1) is 16.1. The van der Waals surface area contributed by atoms with Crippen molar-refractivity contribution in [3.05, 3.63) is 24.3 Å². The summed E-state index contributed by atoms with van der Waals surface area (Å²) in [5, 5.41) is 0. The third-order valence-electron chi connectivity index (χ3n) is 4.16. The number of piperidine rings is 1. The van der Waals surface area contributed by atoms with E-state index < -0.39 is 10.0 Å². The van der Waals surface area contributed by atoms with Gasteiger partial charge in [0.05, 0.1) is 5.75 Å². The molecule has 1 fully saturated rings. The van der Waals surface area contributed by atoms with Crippen LogP contribution in [0.3, 0.4) is 0 Å². The molecule has 1 saturated heterocycles. The summed E-state index contributed by atoms with van der Waals surface area (Å²) in [6.07, 6.45) is 0.927. The average molecular weight is 312 g/mol. The monoisotopic (exact) mass is 312 g/mol. The van der Waals surface area contributed by atoms with Crippen LogP contribution in [-0.4, -0.2) is 38.2 Å². The van der Waals surface area contributed by atoms with E-state index in [1.165, 1.54) is 0 Å². The molecule has 0 saturated carbocycles. The molecule has 118 valence electrons. The van der Waals surface area contributed by atoms with Gasteiger partial charge in [0.1, 0.15) is 12.4 Å². The molecule has 0 aromatic heterocycles. The fourth-order valence-electron chi connectivity index (χ4n) is 2.48. The molecular formula is C15H24N2O3S. The topological polar surface area (TPSA) is 72.6 Å². The number of nitrogen functional groups attached to an aromatic ring is 1. The van der Waals surface area contributed by atoms with Gasteiger partial charge < -0.3 is 10.5 Å². The van der Waals surface area contributed by atoms with E-state index in [2.05, 4.69) is 13.8 Å². The van der Waals surface area contributed by atoms with E-state index in [1.807, 2.05) is 0 Å². The molecule has 2 N–H and O–H groups in total. The summed E-state index contributed by atoms with van der Waals surface area (Å²) in [6, 6.07) is 7.01. The van der Waals surface area contributed by atoms with Crippen LogP contribution in [0.15, 0.2) is 24.3 Å². The predicted molar refractivity (Wildman–Crippen MR) is 84.7 cm³/mol. The summed E-state index contributed by atoms with van der Waals surface area (Å²) in [4.78, 5) is 0. The third-order valence-corrected chi connectivity index (χ3v) is 5.96. The SMILES string of the molecule is CC1CCN(S(=O)(=O)CCOc2cccc(N)c2)CC1C. The maximum atomic E-state index is 12.3. The van der Waals surface area contributed by atoms with Gasteiger partial charge in [-0.25, -0.2) is 12.7 Å². The van der Waals surface area contributed by atoms with Crippen molar-refractivity contribution in [3.8, 4) is 5.75 Å². The Bertz CT molecular complexity index is 574. The maximum Gasteiger partial charge on any atom is 0.217 e. The van der Waals surface area contributed by atoms with Crippen LogP contribution < -0.4 is 10.5 Å². The molecule has 0 bridgehead atoms. The van der Waals surface area contributed by atoms with Gasteiger partial charge in [0.15, 0.2) is 0 Å². The molecule has 1 heterocycles. The summed E-state index contributed by atoms with van der Waals surface area (Å²) in [5.41, 5.74) is 6.26. The van der Waals surface area contributed by atoms with Crippen LogP contribution in [0, 0.1) is 11.8 Å². The average Bonchev–Trinajstić information content (AvgIpc) is 2.41. The standard InChI is InChI=1S/C15H24N2O3S/c1-12-6-7-17(11-13(12)2)21(18,19)9-8-20-15-5-3-4-14(16)10-15/h3-5,10,12-13H,6-9,11,16H2,1-2H3. The van der Waals surface area contributed by atoms with Crippen molar-refractivity contribution in [3.63, 3.8) is 0 Å². The zero-order valence-corrected chi connectivity index (χ0v) is 13.5. The first-order chi connectivity index (χ1) is 9.88. The minimum absolute atomic E-state index is 0.00288.